The number of hydrogen-bond donors (Lipinski definition) is 2. The highest BCUT2D eigenvalue weighted by Crippen LogP contribution is 2.09. The highest BCUT2D eigenvalue weighted by atomic mass is 16.5. The van der Waals surface area contributed by atoms with E-state index in [0.717, 1.165) is 12.8 Å². The first kappa shape index (κ1) is 20.3. The topological polar surface area (TPSA) is 88.3 Å². The monoisotopic (exact) mass is 392 g/mol. The van der Waals surface area contributed by atoms with Gasteiger partial charge in [-0.15, -0.1) is 0 Å². The Morgan fingerprint density at radius 2 is 1.72 bits per heavy atom. The van der Waals surface area contributed by atoms with Crippen LogP contribution in [0.15, 0.2) is 65.5 Å². The molecule has 3 aromatic rings. The summed E-state index contributed by atoms with van der Waals surface area (Å²) in [7, 11) is 0. The lowest BCUT2D eigenvalue weighted by Gasteiger charge is -2.18. The van der Waals surface area contributed by atoms with E-state index >= 15 is 0 Å². The molecule has 6 nitrogen and oxygen atoms in total. The maximum Gasteiger partial charge on any atom is 0.355 e. The van der Waals surface area contributed by atoms with Gasteiger partial charge in [0.15, 0.2) is 11.5 Å². The average molecular weight is 392 g/mol. The van der Waals surface area contributed by atoms with Crippen molar-refractivity contribution >= 4 is 22.8 Å². The lowest BCUT2D eigenvalue weighted by molar-refractivity contribution is -0.129. The number of aromatic nitrogens is 1. The van der Waals surface area contributed by atoms with E-state index in [2.05, 4.69) is 10.3 Å². The summed E-state index contributed by atoms with van der Waals surface area (Å²) in [5.41, 5.74) is 1.48. The largest absolute Gasteiger partial charge is 0.448 e. The van der Waals surface area contributed by atoms with Gasteiger partial charge >= 0.3 is 5.97 Å². The number of fused-ring (bicyclic) bond motifs is 1. The number of ether oxygens (including phenoxy) is 1. The van der Waals surface area contributed by atoms with Crippen molar-refractivity contribution in [2.45, 2.75) is 38.8 Å². The van der Waals surface area contributed by atoms with Crippen molar-refractivity contribution in [2.75, 3.05) is 0 Å². The first-order valence-electron chi connectivity index (χ1n) is 9.61. The van der Waals surface area contributed by atoms with Crippen LogP contribution in [-0.2, 0) is 16.0 Å². The van der Waals surface area contributed by atoms with Gasteiger partial charge in [0.1, 0.15) is 5.69 Å². The molecular weight excluding hydrogens is 368 g/mol. The minimum absolute atomic E-state index is 0.0190. The number of nitrogens with one attached hydrogen (secondary N) is 2. The molecular formula is C23H24N2O4. The van der Waals surface area contributed by atoms with Crippen LogP contribution in [-0.4, -0.2) is 29.0 Å². The zero-order valence-electron chi connectivity index (χ0n) is 16.5. The standard InChI is InChI=1S/C23H24N2O4/c1-15(12-13-17-8-4-3-5-9-17)24-22(27)16(2)29-23(28)20-14-21(26)18-10-6-7-11-19(18)25-20/h3-11,14-16H,12-13H2,1-2H3,(H,24,27)(H,25,26)/t15-,16-/m0/s1. The number of rotatable bonds is 7. The SMILES string of the molecule is C[C@H](OC(=O)c1cc(=O)c2ccccc2[nH]1)C(=O)N[C@@H](C)CCc1ccccc1. The maximum atomic E-state index is 12.4. The molecule has 150 valence electrons. The lowest BCUT2D eigenvalue weighted by Crippen LogP contribution is -2.41. The van der Waals surface area contributed by atoms with E-state index in [0.29, 0.717) is 10.9 Å². The highest BCUT2D eigenvalue weighted by molar-refractivity contribution is 5.93. The molecule has 6 heteroatoms. The average Bonchev–Trinajstić information content (AvgIpc) is 2.73. The maximum absolute atomic E-state index is 12.4. The lowest BCUT2D eigenvalue weighted by atomic mass is 10.1. The number of aryl methyl sites for hydroxylation is 1. The van der Waals surface area contributed by atoms with Gasteiger partial charge in [-0.2, -0.15) is 0 Å². The molecule has 3 rings (SSSR count). The Balaban J connectivity index is 1.56. The van der Waals surface area contributed by atoms with Crippen LogP contribution in [0.25, 0.3) is 10.9 Å². The van der Waals surface area contributed by atoms with E-state index in [1.165, 1.54) is 18.6 Å². The predicted molar refractivity (Wildman–Crippen MR) is 112 cm³/mol. The van der Waals surface area contributed by atoms with Gasteiger partial charge < -0.3 is 15.0 Å². The molecule has 2 aromatic carbocycles. The Hall–Kier alpha value is -3.41. The van der Waals surface area contributed by atoms with E-state index in [9.17, 15) is 14.4 Å². The molecule has 0 radical (unpaired) electrons. The van der Waals surface area contributed by atoms with Crippen molar-refractivity contribution in [3.8, 4) is 0 Å². The van der Waals surface area contributed by atoms with E-state index in [-0.39, 0.29) is 23.1 Å². The molecule has 2 N–H and O–H groups in total. The van der Waals surface area contributed by atoms with Gasteiger partial charge in [0.05, 0.1) is 0 Å². The van der Waals surface area contributed by atoms with Crippen molar-refractivity contribution in [1.82, 2.24) is 10.3 Å². The van der Waals surface area contributed by atoms with Crippen LogP contribution in [0.4, 0.5) is 0 Å². The number of carbonyl (C=O) groups is 2. The van der Waals surface area contributed by atoms with E-state index in [1.54, 1.807) is 24.3 Å². The van der Waals surface area contributed by atoms with Crippen molar-refractivity contribution in [1.29, 1.82) is 0 Å². The number of H-pyrrole nitrogens is 1. The summed E-state index contributed by atoms with van der Waals surface area (Å²) in [6, 6.07) is 18.0. The second kappa shape index (κ2) is 9.19. The second-order valence-electron chi connectivity index (χ2n) is 7.07. The van der Waals surface area contributed by atoms with Gasteiger partial charge in [-0.1, -0.05) is 42.5 Å². The first-order chi connectivity index (χ1) is 13.9. The van der Waals surface area contributed by atoms with E-state index < -0.39 is 12.1 Å². The Kier molecular flexibility index (Phi) is 6.44. The van der Waals surface area contributed by atoms with E-state index in [1.807, 2.05) is 37.3 Å². The summed E-state index contributed by atoms with van der Waals surface area (Å²) in [6.07, 6.45) is 0.639. The van der Waals surface area contributed by atoms with Gasteiger partial charge in [-0.25, -0.2) is 4.79 Å². The van der Waals surface area contributed by atoms with Gasteiger partial charge in [0, 0.05) is 23.0 Å². The summed E-state index contributed by atoms with van der Waals surface area (Å²) < 4.78 is 5.24. The van der Waals surface area contributed by atoms with Crippen LogP contribution in [0.1, 0.15) is 36.3 Å². The van der Waals surface area contributed by atoms with Gasteiger partial charge in [0.2, 0.25) is 0 Å². The summed E-state index contributed by atoms with van der Waals surface area (Å²) >= 11 is 0. The molecule has 29 heavy (non-hydrogen) atoms. The number of para-hydroxylation sites is 1. The summed E-state index contributed by atoms with van der Waals surface area (Å²) in [6.45, 7) is 3.42. The Morgan fingerprint density at radius 1 is 1.03 bits per heavy atom. The molecule has 1 heterocycles. The fourth-order valence-corrected chi connectivity index (χ4v) is 3.04. The molecule has 0 fully saturated rings. The summed E-state index contributed by atoms with van der Waals surface area (Å²) in [4.78, 5) is 39.8. The summed E-state index contributed by atoms with van der Waals surface area (Å²) in [5, 5.41) is 3.35. The Labute approximate surface area is 168 Å². The van der Waals surface area contributed by atoms with Crippen LogP contribution in [0.2, 0.25) is 0 Å². The molecule has 0 aliphatic rings. The zero-order valence-corrected chi connectivity index (χ0v) is 16.5. The zero-order chi connectivity index (χ0) is 20.8. The van der Waals surface area contributed by atoms with Crippen molar-refractivity contribution in [2.24, 2.45) is 0 Å². The third-order valence-electron chi connectivity index (χ3n) is 4.71. The van der Waals surface area contributed by atoms with Gasteiger partial charge in [0.25, 0.3) is 5.91 Å². The number of carbonyl (C=O) groups excluding carboxylic acids is 2. The number of benzene rings is 2. The van der Waals surface area contributed by atoms with Crippen molar-refractivity contribution in [3.05, 3.63) is 82.1 Å². The van der Waals surface area contributed by atoms with Crippen LogP contribution in [0, 0.1) is 0 Å². The molecule has 0 bridgehead atoms. The molecule has 1 aromatic heterocycles. The van der Waals surface area contributed by atoms with Crippen LogP contribution in [0.5, 0.6) is 0 Å². The minimum atomic E-state index is -0.975. The molecule has 1 amide bonds. The van der Waals surface area contributed by atoms with Gasteiger partial charge in [-0.05, 0) is 44.4 Å². The number of pyridine rings is 1. The van der Waals surface area contributed by atoms with E-state index in [4.69, 9.17) is 4.74 Å². The molecule has 0 aliphatic carbocycles. The second-order valence-corrected chi connectivity index (χ2v) is 7.07. The predicted octanol–water partition coefficient (Wildman–Crippen LogP) is 3.21. The highest BCUT2D eigenvalue weighted by Gasteiger charge is 2.21. The molecule has 0 aliphatic heterocycles. The number of amides is 1. The smallest absolute Gasteiger partial charge is 0.355 e. The molecule has 0 unspecified atom stereocenters. The normalized spacial score (nSPS) is 12.9. The first-order valence-corrected chi connectivity index (χ1v) is 9.61. The third kappa shape index (κ3) is 5.31. The molecule has 0 saturated heterocycles. The molecule has 0 spiro atoms. The number of aromatic amines is 1. The fraction of sp³-hybridized carbons (Fsp3) is 0.261. The Morgan fingerprint density at radius 3 is 2.48 bits per heavy atom. The third-order valence-corrected chi connectivity index (χ3v) is 4.71. The minimum Gasteiger partial charge on any atom is -0.448 e. The molecule has 2 atom stereocenters. The van der Waals surface area contributed by atoms with Crippen molar-refractivity contribution in [3.63, 3.8) is 0 Å². The number of esters is 1. The van der Waals surface area contributed by atoms with Crippen molar-refractivity contribution < 1.29 is 14.3 Å². The number of hydrogen-bond acceptors (Lipinski definition) is 4. The fourth-order valence-electron chi connectivity index (χ4n) is 3.04. The van der Waals surface area contributed by atoms with Crippen LogP contribution in [0.3, 0.4) is 0 Å². The Bertz CT molecular complexity index is 1060. The molecule has 0 saturated carbocycles. The quantitative estimate of drug-likeness (QED) is 0.605. The summed E-state index contributed by atoms with van der Waals surface area (Å²) in [5.74, 6) is -1.12. The van der Waals surface area contributed by atoms with Crippen LogP contribution >= 0.6 is 0 Å². The van der Waals surface area contributed by atoms with Gasteiger partial charge in [-0.3, -0.25) is 9.59 Å². The van der Waals surface area contributed by atoms with Crippen LogP contribution < -0.4 is 10.7 Å².